The monoisotopic (exact) mass is 366 g/mol. The maximum Gasteiger partial charge on any atom is 0.155 e. The van der Waals surface area contributed by atoms with Gasteiger partial charge in [0.2, 0.25) is 0 Å². The van der Waals surface area contributed by atoms with Crippen LogP contribution in [0.15, 0.2) is 22.8 Å². The van der Waals surface area contributed by atoms with Gasteiger partial charge in [-0.1, -0.05) is 0 Å². The average molecular weight is 367 g/mol. The number of halogens is 1. The lowest BCUT2D eigenvalue weighted by molar-refractivity contribution is 0.112. The second-order valence-corrected chi connectivity index (χ2v) is 6.57. The number of hydrogen-bond donors (Lipinski definition) is 0. The molecule has 0 amide bonds. The van der Waals surface area contributed by atoms with Gasteiger partial charge in [-0.2, -0.15) is 5.10 Å². The number of aromatic nitrogens is 2. The molecule has 0 aliphatic heterocycles. The third-order valence-electron chi connectivity index (χ3n) is 3.28. The molecule has 1 aromatic heterocycles. The Hall–Kier alpha value is -1.82. The van der Waals surface area contributed by atoms with Crippen molar-refractivity contribution in [2.24, 2.45) is 0 Å². The number of rotatable bonds is 4. The molecule has 0 aliphatic carbocycles. The number of hydrogen-bond acceptors (Lipinski definition) is 4. The lowest BCUT2D eigenvalue weighted by atomic mass is 10.1. The van der Waals surface area contributed by atoms with Crippen molar-refractivity contribution in [2.75, 3.05) is 14.2 Å². The summed E-state index contributed by atoms with van der Waals surface area (Å²) in [7, 11) is 3.18. The van der Waals surface area contributed by atoms with Gasteiger partial charge in [0.1, 0.15) is 21.8 Å². The summed E-state index contributed by atoms with van der Waals surface area (Å²) in [4.78, 5) is 11.6. The van der Waals surface area contributed by atoms with E-state index in [1.165, 1.54) is 0 Å². The number of benzene rings is 1. The van der Waals surface area contributed by atoms with Crippen LogP contribution in [0.3, 0.4) is 0 Å². The molecule has 0 saturated heterocycles. The molecule has 2 aromatic rings. The molecular weight excluding hydrogens is 348 g/mol. The smallest absolute Gasteiger partial charge is 0.155 e. The van der Waals surface area contributed by atoms with Crippen molar-refractivity contribution in [1.29, 1.82) is 0 Å². The minimum atomic E-state index is -0.263. The summed E-state index contributed by atoms with van der Waals surface area (Å²) in [6.45, 7) is 6.06. The Morgan fingerprint density at radius 1 is 1.23 bits per heavy atom. The van der Waals surface area contributed by atoms with E-state index in [1.807, 2.05) is 26.8 Å². The quantitative estimate of drug-likeness (QED) is 0.770. The molecule has 1 heterocycles. The number of carbonyl (C=O) groups excluding carboxylic acids is 1. The molecule has 2 rings (SSSR count). The summed E-state index contributed by atoms with van der Waals surface area (Å²) in [6, 6.07) is 5.42. The Morgan fingerprint density at radius 2 is 1.91 bits per heavy atom. The molecule has 0 saturated carbocycles. The summed E-state index contributed by atoms with van der Waals surface area (Å²) >= 11 is 3.47. The van der Waals surface area contributed by atoms with Crippen molar-refractivity contribution in [2.45, 2.75) is 26.3 Å². The van der Waals surface area contributed by atoms with Crippen molar-refractivity contribution in [1.82, 2.24) is 9.78 Å². The van der Waals surface area contributed by atoms with E-state index in [4.69, 9.17) is 9.47 Å². The number of aldehydes is 1. The van der Waals surface area contributed by atoms with Crippen LogP contribution in [0.5, 0.6) is 11.5 Å². The number of ether oxygens (including phenoxy) is 2. The van der Waals surface area contributed by atoms with Gasteiger partial charge in [0.05, 0.1) is 25.3 Å². The van der Waals surface area contributed by atoms with E-state index in [0.29, 0.717) is 32.9 Å². The minimum Gasteiger partial charge on any atom is -0.497 e. The number of carbonyl (C=O) groups is 1. The van der Waals surface area contributed by atoms with Crippen molar-refractivity contribution >= 4 is 22.2 Å². The summed E-state index contributed by atoms with van der Waals surface area (Å²) < 4.78 is 13.1. The van der Waals surface area contributed by atoms with Gasteiger partial charge >= 0.3 is 0 Å². The first-order chi connectivity index (χ1) is 10.3. The van der Waals surface area contributed by atoms with Crippen LogP contribution < -0.4 is 9.47 Å². The third kappa shape index (κ3) is 2.88. The molecule has 0 aliphatic rings. The highest BCUT2D eigenvalue weighted by Gasteiger charge is 2.25. The summed E-state index contributed by atoms with van der Waals surface area (Å²) in [6.07, 6.45) is 0.799. The van der Waals surface area contributed by atoms with E-state index >= 15 is 0 Å². The van der Waals surface area contributed by atoms with Crippen molar-refractivity contribution in [3.8, 4) is 22.8 Å². The van der Waals surface area contributed by atoms with Crippen LogP contribution in [0.1, 0.15) is 31.1 Å². The van der Waals surface area contributed by atoms with Gasteiger partial charge in [-0.15, -0.1) is 0 Å². The molecule has 0 spiro atoms. The van der Waals surface area contributed by atoms with Crippen LogP contribution in [0.25, 0.3) is 11.3 Å². The second-order valence-electron chi connectivity index (χ2n) is 5.82. The lowest BCUT2D eigenvalue weighted by Crippen LogP contribution is -2.23. The molecule has 0 fully saturated rings. The first-order valence-electron chi connectivity index (χ1n) is 6.80. The Morgan fingerprint density at radius 3 is 2.41 bits per heavy atom. The summed E-state index contributed by atoms with van der Waals surface area (Å²) in [5, 5.41) is 4.61. The van der Waals surface area contributed by atoms with E-state index < -0.39 is 0 Å². The van der Waals surface area contributed by atoms with Gasteiger partial charge in [-0.3, -0.25) is 9.48 Å². The standard InChI is InChI=1S/C16H19BrN2O3/c1-16(2,3)19-15(17)12(9-20)14(18-19)11-8-10(21-4)6-7-13(11)22-5/h6-9H,1-5H3. The van der Waals surface area contributed by atoms with E-state index in [1.54, 1.807) is 31.0 Å². The van der Waals surface area contributed by atoms with Gasteiger partial charge in [-0.05, 0) is 54.9 Å². The zero-order valence-electron chi connectivity index (χ0n) is 13.3. The number of nitrogens with zero attached hydrogens (tertiary/aromatic N) is 2. The largest absolute Gasteiger partial charge is 0.497 e. The molecule has 0 bridgehead atoms. The predicted octanol–water partition coefficient (Wildman–Crippen LogP) is 3.90. The van der Waals surface area contributed by atoms with Gasteiger partial charge < -0.3 is 9.47 Å². The van der Waals surface area contributed by atoms with Gasteiger partial charge in [0.25, 0.3) is 0 Å². The van der Waals surface area contributed by atoms with Crippen molar-refractivity contribution in [3.05, 3.63) is 28.4 Å². The Balaban J connectivity index is 2.74. The fourth-order valence-corrected chi connectivity index (χ4v) is 3.05. The molecule has 0 radical (unpaired) electrons. The molecule has 5 nitrogen and oxygen atoms in total. The zero-order valence-corrected chi connectivity index (χ0v) is 14.9. The molecule has 6 heteroatoms. The molecule has 22 heavy (non-hydrogen) atoms. The van der Waals surface area contributed by atoms with Gasteiger partial charge in [-0.25, -0.2) is 0 Å². The first kappa shape index (κ1) is 16.5. The fourth-order valence-electron chi connectivity index (χ4n) is 2.16. The molecule has 1 aromatic carbocycles. The Kier molecular flexibility index (Phi) is 4.60. The first-order valence-corrected chi connectivity index (χ1v) is 7.59. The van der Waals surface area contributed by atoms with Crippen LogP contribution >= 0.6 is 15.9 Å². The Bertz CT molecular complexity index is 702. The molecular formula is C16H19BrN2O3. The minimum absolute atomic E-state index is 0.263. The molecule has 0 unspecified atom stereocenters. The average Bonchev–Trinajstić information content (AvgIpc) is 2.83. The van der Waals surface area contributed by atoms with Crippen LogP contribution in [-0.4, -0.2) is 30.3 Å². The zero-order chi connectivity index (χ0) is 16.5. The normalized spacial score (nSPS) is 11.4. The summed E-state index contributed by atoms with van der Waals surface area (Å²) in [5.74, 6) is 1.31. The maximum absolute atomic E-state index is 11.6. The van der Waals surface area contributed by atoms with E-state index in [9.17, 15) is 4.79 Å². The second kappa shape index (κ2) is 6.12. The fraction of sp³-hybridized carbons (Fsp3) is 0.375. The van der Waals surface area contributed by atoms with Crippen molar-refractivity contribution < 1.29 is 14.3 Å². The van der Waals surface area contributed by atoms with E-state index in [0.717, 1.165) is 6.29 Å². The van der Waals surface area contributed by atoms with E-state index in [2.05, 4.69) is 21.0 Å². The number of methoxy groups -OCH3 is 2. The third-order valence-corrected chi connectivity index (χ3v) is 4.04. The van der Waals surface area contributed by atoms with Gasteiger partial charge in [0, 0.05) is 5.56 Å². The lowest BCUT2D eigenvalue weighted by Gasteiger charge is -2.20. The van der Waals surface area contributed by atoms with E-state index in [-0.39, 0.29) is 5.54 Å². The molecule has 118 valence electrons. The van der Waals surface area contributed by atoms with Crippen LogP contribution in [0.2, 0.25) is 0 Å². The van der Waals surface area contributed by atoms with Crippen molar-refractivity contribution in [3.63, 3.8) is 0 Å². The van der Waals surface area contributed by atoms with Gasteiger partial charge in [0.15, 0.2) is 6.29 Å². The van der Waals surface area contributed by atoms with Crippen LogP contribution in [-0.2, 0) is 5.54 Å². The van der Waals surface area contributed by atoms with Crippen LogP contribution in [0, 0.1) is 0 Å². The molecule has 0 N–H and O–H groups in total. The topological polar surface area (TPSA) is 53.4 Å². The Labute approximate surface area is 138 Å². The SMILES string of the molecule is COc1ccc(OC)c(-c2nn(C(C)(C)C)c(Br)c2C=O)c1. The predicted molar refractivity (Wildman–Crippen MR) is 88.9 cm³/mol. The highest BCUT2D eigenvalue weighted by atomic mass is 79.9. The highest BCUT2D eigenvalue weighted by Crippen LogP contribution is 2.37. The highest BCUT2D eigenvalue weighted by molar-refractivity contribution is 9.10. The summed E-state index contributed by atoms with van der Waals surface area (Å²) in [5.41, 5.74) is 1.50. The maximum atomic E-state index is 11.6. The van der Waals surface area contributed by atoms with Crippen LogP contribution in [0.4, 0.5) is 0 Å². The molecule has 0 atom stereocenters.